The normalized spacial score (nSPS) is 11.7. The zero-order valence-corrected chi connectivity index (χ0v) is 13.0. The second-order valence-electron chi connectivity index (χ2n) is 4.63. The standard InChI is InChI=1S/C14H24N2O3S/c1-15-12-13-7-6-8-14(11-13)20(17,18)16-9-4-3-5-10-19-2/h6-8,11,15-16H,3-5,9-10,12H2,1-2H3. The lowest BCUT2D eigenvalue weighted by atomic mass is 10.2. The van der Waals surface area contributed by atoms with Crippen molar-refractivity contribution in [1.29, 1.82) is 0 Å². The zero-order valence-electron chi connectivity index (χ0n) is 12.2. The van der Waals surface area contributed by atoms with E-state index in [2.05, 4.69) is 10.0 Å². The summed E-state index contributed by atoms with van der Waals surface area (Å²) in [5.74, 6) is 0. The van der Waals surface area contributed by atoms with Crippen LogP contribution >= 0.6 is 0 Å². The maximum absolute atomic E-state index is 12.1. The molecule has 1 aromatic carbocycles. The molecule has 0 spiro atoms. The molecule has 20 heavy (non-hydrogen) atoms. The molecule has 0 aliphatic carbocycles. The van der Waals surface area contributed by atoms with Crippen LogP contribution in [0.2, 0.25) is 0 Å². The fourth-order valence-electron chi connectivity index (χ4n) is 1.86. The Morgan fingerprint density at radius 3 is 2.70 bits per heavy atom. The van der Waals surface area contributed by atoms with Gasteiger partial charge in [0.15, 0.2) is 0 Å². The highest BCUT2D eigenvalue weighted by atomic mass is 32.2. The van der Waals surface area contributed by atoms with Crippen LogP contribution in [0.3, 0.4) is 0 Å². The van der Waals surface area contributed by atoms with Gasteiger partial charge in [-0.05, 0) is 44.0 Å². The van der Waals surface area contributed by atoms with Crippen LogP contribution in [0.15, 0.2) is 29.2 Å². The van der Waals surface area contributed by atoms with Crippen molar-refractivity contribution in [3.63, 3.8) is 0 Å². The summed E-state index contributed by atoms with van der Waals surface area (Å²) < 4.78 is 31.8. The third-order valence-electron chi connectivity index (χ3n) is 2.91. The number of unbranched alkanes of at least 4 members (excludes halogenated alkanes) is 2. The summed E-state index contributed by atoms with van der Waals surface area (Å²) in [6.45, 7) is 1.83. The first-order valence-corrected chi connectivity index (χ1v) is 8.30. The van der Waals surface area contributed by atoms with Crippen molar-refractivity contribution in [2.75, 3.05) is 27.3 Å². The van der Waals surface area contributed by atoms with Crippen LogP contribution in [-0.2, 0) is 21.3 Å². The van der Waals surface area contributed by atoms with Gasteiger partial charge in [-0.25, -0.2) is 13.1 Å². The van der Waals surface area contributed by atoms with E-state index in [4.69, 9.17) is 4.74 Å². The Morgan fingerprint density at radius 1 is 1.20 bits per heavy atom. The SMILES string of the molecule is CNCc1cccc(S(=O)(=O)NCCCCCOC)c1. The Balaban J connectivity index is 2.49. The smallest absolute Gasteiger partial charge is 0.240 e. The van der Waals surface area contributed by atoms with E-state index in [0.29, 0.717) is 18.0 Å². The van der Waals surface area contributed by atoms with Gasteiger partial charge in [0.1, 0.15) is 0 Å². The highest BCUT2D eigenvalue weighted by molar-refractivity contribution is 7.89. The number of rotatable bonds is 10. The number of sulfonamides is 1. The Kier molecular flexibility index (Phi) is 7.76. The van der Waals surface area contributed by atoms with Crippen LogP contribution in [0.4, 0.5) is 0 Å². The number of ether oxygens (including phenoxy) is 1. The van der Waals surface area contributed by atoms with Crippen molar-refractivity contribution in [3.05, 3.63) is 29.8 Å². The first-order valence-electron chi connectivity index (χ1n) is 6.82. The molecule has 0 aromatic heterocycles. The van der Waals surface area contributed by atoms with Crippen molar-refractivity contribution in [2.24, 2.45) is 0 Å². The first kappa shape index (κ1) is 17.1. The molecule has 0 aliphatic heterocycles. The average molecular weight is 300 g/mol. The lowest BCUT2D eigenvalue weighted by molar-refractivity contribution is 0.192. The van der Waals surface area contributed by atoms with E-state index in [1.807, 2.05) is 13.1 Å². The van der Waals surface area contributed by atoms with Gasteiger partial charge in [-0.2, -0.15) is 0 Å². The number of hydrogen-bond donors (Lipinski definition) is 2. The maximum Gasteiger partial charge on any atom is 0.240 e. The molecule has 0 unspecified atom stereocenters. The second-order valence-corrected chi connectivity index (χ2v) is 6.40. The van der Waals surface area contributed by atoms with Crippen molar-refractivity contribution in [2.45, 2.75) is 30.7 Å². The molecular weight excluding hydrogens is 276 g/mol. The molecule has 1 aromatic rings. The second kappa shape index (κ2) is 9.07. The molecule has 0 radical (unpaired) electrons. The van der Waals surface area contributed by atoms with Gasteiger partial charge in [0.2, 0.25) is 10.0 Å². The third-order valence-corrected chi connectivity index (χ3v) is 4.37. The van der Waals surface area contributed by atoms with Crippen LogP contribution in [0, 0.1) is 0 Å². The third kappa shape index (κ3) is 6.00. The van der Waals surface area contributed by atoms with Crippen LogP contribution in [0.25, 0.3) is 0 Å². The molecule has 114 valence electrons. The van der Waals surface area contributed by atoms with Crippen LogP contribution < -0.4 is 10.0 Å². The van der Waals surface area contributed by atoms with Crippen molar-refractivity contribution in [3.8, 4) is 0 Å². The van der Waals surface area contributed by atoms with Crippen molar-refractivity contribution < 1.29 is 13.2 Å². The summed E-state index contributed by atoms with van der Waals surface area (Å²) in [4.78, 5) is 0.321. The van der Waals surface area contributed by atoms with Gasteiger partial charge < -0.3 is 10.1 Å². The molecule has 6 heteroatoms. The number of hydrogen-bond acceptors (Lipinski definition) is 4. The minimum absolute atomic E-state index is 0.321. The Hall–Kier alpha value is -0.950. The minimum Gasteiger partial charge on any atom is -0.385 e. The highest BCUT2D eigenvalue weighted by Gasteiger charge is 2.13. The first-order chi connectivity index (χ1) is 9.60. The molecule has 1 rings (SSSR count). The maximum atomic E-state index is 12.1. The predicted octanol–water partition coefficient (Wildman–Crippen LogP) is 1.50. The van der Waals surface area contributed by atoms with Crippen LogP contribution in [0.1, 0.15) is 24.8 Å². The summed E-state index contributed by atoms with van der Waals surface area (Å²) in [6, 6.07) is 6.98. The Morgan fingerprint density at radius 2 is 2.00 bits per heavy atom. The zero-order chi connectivity index (χ0) is 14.8. The van der Waals surface area contributed by atoms with E-state index in [-0.39, 0.29) is 0 Å². The summed E-state index contributed by atoms with van der Waals surface area (Å²) >= 11 is 0. The molecule has 0 saturated carbocycles. The lowest BCUT2D eigenvalue weighted by Gasteiger charge is -2.08. The molecule has 5 nitrogen and oxygen atoms in total. The molecule has 0 aliphatic rings. The van der Waals surface area contributed by atoms with Gasteiger partial charge in [-0.1, -0.05) is 12.1 Å². The molecule has 0 heterocycles. The summed E-state index contributed by atoms with van der Waals surface area (Å²) in [7, 11) is 0.0974. The fourth-order valence-corrected chi connectivity index (χ4v) is 3.01. The van der Waals surface area contributed by atoms with Gasteiger partial charge in [0, 0.05) is 26.8 Å². The van der Waals surface area contributed by atoms with E-state index in [1.165, 1.54) is 0 Å². The molecule has 2 N–H and O–H groups in total. The van der Waals surface area contributed by atoms with Gasteiger partial charge >= 0.3 is 0 Å². The van der Waals surface area contributed by atoms with E-state index >= 15 is 0 Å². The van der Waals surface area contributed by atoms with Gasteiger partial charge in [-0.3, -0.25) is 0 Å². The van der Waals surface area contributed by atoms with E-state index in [9.17, 15) is 8.42 Å². The van der Waals surface area contributed by atoms with Crippen molar-refractivity contribution >= 4 is 10.0 Å². The Bertz CT molecular complexity index is 489. The fraction of sp³-hybridized carbons (Fsp3) is 0.571. The van der Waals surface area contributed by atoms with E-state index in [1.54, 1.807) is 25.3 Å². The van der Waals surface area contributed by atoms with Gasteiger partial charge in [0.05, 0.1) is 4.90 Å². The highest BCUT2D eigenvalue weighted by Crippen LogP contribution is 2.11. The molecule has 0 atom stereocenters. The summed E-state index contributed by atoms with van der Waals surface area (Å²) in [6.07, 6.45) is 2.73. The largest absolute Gasteiger partial charge is 0.385 e. The topological polar surface area (TPSA) is 67.4 Å². The van der Waals surface area contributed by atoms with E-state index < -0.39 is 10.0 Å². The van der Waals surface area contributed by atoms with Gasteiger partial charge in [-0.15, -0.1) is 0 Å². The quantitative estimate of drug-likeness (QED) is 0.643. The lowest BCUT2D eigenvalue weighted by Crippen LogP contribution is -2.25. The van der Waals surface area contributed by atoms with Crippen molar-refractivity contribution in [1.82, 2.24) is 10.0 Å². The summed E-state index contributed by atoms with van der Waals surface area (Å²) in [5.41, 5.74) is 0.954. The molecule has 0 saturated heterocycles. The molecule has 0 fully saturated rings. The number of benzene rings is 1. The monoisotopic (exact) mass is 300 g/mol. The molecule has 0 bridgehead atoms. The molecular formula is C14H24N2O3S. The molecule has 0 amide bonds. The average Bonchev–Trinajstić information content (AvgIpc) is 2.43. The summed E-state index contributed by atoms with van der Waals surface area (Å²) in [5, 5.41) is 3.01. The number of methoxy groups -OCH3 is 1. The Labute approximate surface area is 121 Å². The predicted molar refractivity (Wildman–Crippen MR) is 80.1 cm³/mol. The van der Waals surface area contributed by atoms with E-state index in [0.717, 1.165) is 31.4 Å². The van der Waals surface area contributed by atoms with Crippen LogP contribution in [0.5, 0.6) is 0 Å². The minimum atomic E-state index is -3.40. The van der Waals surface area contributed by atoms with Crippen LogP contribution in [-0.4, -0.2) is 35.7 Å². The number of nitrogens with one attached hydrogen (secondary N) is 2. The van der Waals surface area contributed by atoms with Gasteiger partial charge in [0.25, 0.3) is 0 Å².